The summed E-state index contributed by atoms with van der Waals surface area (Å²) in [4.78, 5) is 13.9. The van der Waals surface area contributed by atoms with Crippen LogP contribution in [0.1, 0.15) is 36.7 Å². The van der Waals surface area contributed by atoms with Crippen molar-refractivity contribution in [3.05, 3.63) is 65.5 Å². The number of carbonyl (C=O) groups is 1. The molecular weight excluding hydrogens is 331 g/mol. The summed E-state index contributed by atoms with van der Waals surface area (Å²) in [5, 5.41) is 0. The van der Waals surface area contributed by atoms with E-state index in [1.54, 1.807) is 12.1 Å². The molecule has 5 nitrogen and oxygen atoms in total. The molecule has 7 heteroatoms. The molecular formula is C17H19FN2O3S. The standard InChI is InChI=1S/C17H19FN2O3S/c1-17(2,3)13-6-4-12(5-7-13)16(21)19-20-24(22,23)15-10-8-14(18)9-11-15/h4-11,20H,1-3H3,(H,19,21). The van der Waals surface area contributed by atoms with E-state index in [9.17, 15) is 17.6 Å². The maximum Gasteiger partial charge on any atom is 0.266 e. The monoisotopic (exact) mass is 350 g/mol. The SMILES string of the molecule is CC(C)(C)c1ccc(C(=O)NNS(=O)(=O)c2ccc(F)cc2)cc1. The lowest BCUT2D eigenvalue weighted by molar-refractivity contribution is 0.0945. The minimum atomic E-state index is -3.96. The molecule has 1 amide bonds. The van der Waals surface area contributed by atoms with Crippen LogP contribution in [0.15, 0.2) is 53.4 Å². The first-order chi connectivity index (χ1) is 11.1. The van der Waals surface area contributed by atoms with Crippen molar-refractivity contribution in [3.63, 3.8) is 0 Å². The van der Waals surface area contributed by atoms with E-state index in [-0.39, 0.29) is 10.3 Å². The third-order valence-electron chi connectivity index (χ3n) is 3.44. The summed E-state index contributed by atoms with van der Waals surface area (Å²) in [5.41, 5.74) is 3.48. The zero-order chi connectivity index (χ0) is 18.0. The fourth-order valence-electron chi connectivity index (χ4n) is 1.98. The molecule has 0 atom stereocenters. The van der Waals surface area contributed by atoms with Gasteiger partial charge in [0.2, 0.25) is 0 Å². The Hall–Kier alpha value is -2.25. The van der Waals surface area contributed by atoms with Gasteiger partial charge in [-0.05, 0) is 47.4 Å². The largest absolute Gasteiger partial charge is 0.273 e. The van der Waals surface area contributed by atoms with Gasteiger partial charge < -0.3 is 0 Å². The highest BCUT2D eigenvalue weighted by molar-refractivity contribution is 7.89. The van der Waals surface area contributed by atoms with Crippen molar-refractivity contribution in [2.75, 3.05) is 0 Å². The van der Waals surface area contributed by atoms with Crippen LogP contribution in [0.3, 0.4) is 0 Å². The molecule has 0 aliphatic carbocycles. The molecule has 0 heterocycles. The number of halogens is 1. The van der Waals surface area contributed by atoms with Gasteiger partial charge >= 0.3 is 0 Å². The molecule has 0 aliphatic heterocycles. The second-order valence-electron chi connectivity index (χ2n) is 6.34. The van der Waals surface area contributed by atoms with Crippen molar-refractivity contribution in [3.8, 4) is 0 Å². The van der Waals surface area contributed by atoms with Gasteiger partial charge in [0.25, 0.3) is 15.9 Å². The molecule has 24 heavy (non-hydrogen) atoms. The second kappa shape index (κ2) is 6.70. The topological polar surface area (TPSA) is 75.3 Å². The summed E-state index contributed by atoms with van der Waals surface area (Å²) in [7, 11) is -3.96. The van der Waals surface area contributed by atoms with E-state index >= 15 is 0 Å². The minimum absolute atomic E-state index is 0.0425. The average Bonchev–Trinajstić information content (AvgIpc) is 2.52. The number of hydrazine groups is 1. The van der Waals surface area contributed by atoms with Crippen LogP contribution < -0.4 is 10.3 Å². The molecule has 2 N–H and O–H groups in total. The van der Waals surface area contributed by atoms with Crippen LogP contribution in [0.2, 0.25) is 0 Å². The zero-order valence-electron chi connectivity index (χ0n) is 13.6. The van der Waals surface area contributed by atoms with Crippen LogP contribution in [-0.2, 0) is 15.4 Å². The first-order valence-corrected chi connectivity index (χ1v) is 8.76. The number of sulfonamides is 1. The van der Waals surface area contributed by atoms with Gasteiger partial charge in [-0.3, -0.25) is 10.2 Å². The molecule has 0 fully saturated rings. The summed E-state index contributed by atoms with van der Waals surface area (Å²) < 4.78 is 36.9. The minimum Gasteiger partial charge on any atom is -0.273 e. The summed E-state index contributed by atoms with van der Waals surface area (Å²) >= 11 is 0. The van der Waals surface area contributed by atoms with E-state index < -0.39 is 21.7 Å². The van der Waals surface area contributed by atoms with Crippen molar-refractivity contribution in [1.82, 2.24) is 10.3 Å². The third-order valence-corrected chi connectivity index (χ3v) is 4.70. The lowest BCUT2D eigenvalue weighted by atomic mass is 9.87. The summed E-state index contributed by atoms with van der Waals surface area (Å²) in [6, 6.07) is 11.2. The van der Waals surface area contributed by atoms with Crippen LogP contribution >= 0.6 is 0 Å². The lowest BCUT2D eigenvalue weighted by Crippen LogP contribution is -2.41. The van der Waals surface area contributed by atoms with E-state index in [1.165, 1.54) is 0 Å². The van der Waals surface area contributed by atoms with Crippen molar-refractivity contribution < 1.29 is 17.6 Å². The number of hydrogen-bond donors (Lipinski definition) is 2. The van der Waals surface area contributed by atoms with Crippen LogP contribution in [0, 0.1) is 5.82 Å². The molecule has 0 aromatic heterocycles. The molecule has 2 rings (SSSR count). The smallest absolute Gasteiger partial charge is 0.266 e. The van der Waals surface area contributed by atoms with Crippen molar-refractivity contribution in [2.24, 2.45) is 0 Å². The third kappa shape index (κ3) is 4.39. The Morgan fingerprint density at radius 3 is 2.00 bits per heavy atom. The first kappa shape index (κ1) is 18.1. The summed E-state index contributed by atoms with van der Waals surface area (Å²) in [6.07, 6.45) is 0. The molecule has 0 radical (unpaired) electrons. The lowest BCUT2D eigenvalue weighted by Gasteiger charge is -2.19. The van der Waals surface area contributed by atoms with Gasteiger partial charge in [0, 0.05) is 5.56 Å². The number of carbonyl (C=O) groups excluding carboxylic acids is 1. The maximum absolute atomic E-state index is 12.8. The molecule has 2 aromatic carbocycles. The summed E-state index contributed by atoms with van der Waals surface area (Å²) in [6.45, 7) is 6.16. The highest BCUT2D eigenvalue weighted by atomic mass is 32.2. The van der Waals surface area contributed by atoms with Crippen LogP contribution in [-0.4, -0.2) is 14.3 Å². The van der Waals surface area contributed by atoms with Crippen LogP contribution in [0.4, 0.5) is 4.39 Å². The van der Waals surface area contributed by atoms with Crippen LogP contribution in [0.25, 0.3) is 0 Å². The fraction of sp³-hybridized carbons (Fsp3) is 0.235. The normalized spacial score (nSPS) is 12.0. The first-order valence-electron chi connectivity index (χ1n) is 7.28. The summed E-state index contributed by atoms with van der Waals surface area (Å²) in [5.74, 6) is -1.13. The number of nitrogens with one attached hydrogen (secondary N) is 2. The van der Waals surface area contributed by atoms with Crippen molar-refractivity contribution in [2.45, 2.75) is 31.1 Å². The number of rotatable bonds is 4. The predicted molar refractivity (Wildman–Crippen MR) is 89.3 cm³/mol. The Morgan fingerprint density at radius 2 is 1.50 bits per heavy atom. The molecule has 0 bridgehead atoms. The van der Waals surface area contributed by atoms with Gasteiger partial charge in [0.1, 0.15) is 5.82 Å². The predicted octanol–water partition coefficient (Wildman–Crippen LogP) is 2.75. The fourth-order valence-corrected chi connectivity index (χ4v) is 2.82. The van der Waals surface area contributed by atoms with E-state index in [0.717, 1.165) is 29.8 Å². The van der Waals surface area contributed by atoms with Crippen molar-refractivity contribution >= 4 is 15.9 Å². The Labute approximate surface area is 140 Å². The molecule has 0 saturated carbocycles. The highest BCUT2D eigenvalue weighted by Crippen LogP contribution is 2.22. The van der Waals surface area contributed by atoms with E-state index in [1.807, 2.05) is 17.0 Å². The number of amides is 1. The van der Waals surface area contributed by atoms with Gasteiger partial charge in [-0.1, -0.05) is 32.9 Å². The Balaban J connectivity index is 2.06. The van der Waals surface area contributed by atoms with Crippen molar-refractivity contribution in [1.29, 1.82) is 0 Å². The highest BCUT2D eigenvalue weighted by Gasteiger charge is 2.17. The second-order valence-corrected chi connectivity index (χ2v) is 8.02. The van der Waals surface area contributed by atoms with Crippen LogP contribution in [0.5, 0.6) is 0 Å². The van der Waals surface area contributed by atoms with Gasteiger partial charge in [-0.15, -0.1) is 4.83 Å². The van der Waals surface area contributed by atoms with E-state index in [2.05, 4.69) is 26.2 Å². The molecule has 128 valence electrons. The van der Waals surface area contributed by atoms with E-state index in [0.29, 0.717) is 5.56 Å². The quantitative estimate of drug-likeness (QED) is 0.833. The van der Waals surface area contributed by atoms with Gasteiger partial charge in [0.15, 0.2) is 0 Å². The van der Waals surface area contributed by atoms with Gasteiger partial charge in [0.05, 0.1) is 4.90 Å². The average molecular weight is 350 g/mol. The Morgan fingerprint density at radius 1 is 0.958 bits per heavy atom. The molecule has 2 aromatic rings. The maximum atomic E-state index is 12.8. The van der Waals surface area contributed by atoms with Gasteiger partial charge in [-0.25, -0.2) is 12.8 Å². The Kier molecular flexibility index (Phi) is 5.05. The number of benzene rings is 2. The Bertz CT molecular complexity index is 824. The molecule has 0 spiro atoms. The van der Waals surface area contributed by atoms with Gasteiger partial charge in [-0.2, -0.15) is 0 Å². The molecule has 0 aliphatic rings. The molecule has 0 saturated heterocycles. The zero-order valence-corrected chi connectivity index (χ0v) is 14.4. The molecule has 0 unspecified atom stereocenters. The number of hydrogen-bond acceptors (Lipinski definition) is 3. The van der Waals surface area contributed by atoms with E-state index in [4.69, 9.17) is 0 Å².